The van der Waals surface area contributed by atoms with Crippen LogP contribution in [-0.4, -0.2) is 29.7 Å². The Labute approximate surface area is 119 Å². The molecule has 0 aliphatic carbocycles. The Kier molecular flexibility index (Phi) is 3.14. The minimum absolute atomic E-state index is 0.142. The predicted octanol–water partition coefficient (Wildman–Crippen LogP) is 1.67. The van der Waals surface area contributed by atoms with Crippen molar-refractivity contribution < 1.29 is 12.8 Å². The van der Waals surface area contributed by atoms with Crippen LogP contribution in [0.5, 0.6) is 0 Å². The number of hydrogen-bond donors (Lipinski definition) is 0. The number of anilines is 1. The van der Waals surface area contributed by atoms with Crippen LogP contribution in [0, 0.1) is 5.82 Å². The van der Waals surface area contributed by atoms with Gasteiger partial charge >= 0.3 is 0 Å². The van der Waals surface area contributed by atoms with Crippen LogP contribution in [0.3, 0.4) is 0 Å². The first-order chi connectivity index (χ1) is 9.50. The summed E-state index contributed by atoms with van der Waals surface area (Å²) >= 11 is 5.85. The molecule has 0 amide bonds. The zero-order valence-electron chi connectivity index (χ0n) is 10.2. The number of sulfonamides is 1. The Morgan fingerprint density at radius 1 is 1.30 bits per heavy atom. The van der Waals surface area contributed by atoms with Gasteiger partial charge in [-0.2, -0.15) is 10.1 Å². The average Bonchev–Trinajstić information content (AvgIpc) is 2.85. The first-order valence-corrected chi connectivity index (χ1v) is 7.67. The van der Waals surface area contributed by atoms with Gasteiger partial charge in [0, 0.05) is 13.1 Å². The molecule has 0 unspecified atom stereocenters. The molecule has 2 heterocycles. The zero-order chi connectivity index (χ0) is 14.3. The van der Waals surface area contributed by atoms with Crippen LogP contribution in [0.4, 0.5) is 10.3 Å². The first-order valence-electron chi connectivity index (χ1n) is 5.86. The Morgan fingerprint density at radius 3 is 2.85 bits per heavy atom. The van der Waals surface area contributed by atoms with Gasteiger partial charge in [0.15, 0.2) is 0 Å². The molecule has 6 nitrogen and oxygen atoms in total. The van der Waals surface area contributed by atoms with Crippen LogP contribution in [0.25, 0.3) is 0 Å². The summed E-state index contributed by atoms with van der Waals surface area (Å²) in [4.78, 5) is 3.82. The monoisotopic (exact) mass is 316 g/mol. The van der Waals surface area contributed by atoms with Crippen molar-refractivity contribution in [3.8, 4) is 0 Å². The molecule has 1 aromatic carbocycles. The lowest BCUT2D eigenvalue weighted by Gasteiger charge is -2.27. The molecular weight excluding hydrogens is 307 g/mol. The summed E-state index contributed by atoms with van der Waals surface area (Å²) in [5.41, 5.74) is 0. The van der Waals surface area contributed by atoms with Crippen LogP contribution < -0.4 is 4.31 Å². The molecule has 0 saturated heterocycles. The average molecular weight is 317 g/mol. The standard InChI is InChI=1S/C11H10ClFN4O2S/c12-9-6-8(13)2-3-10(9)20(18,19)17-5-1-4-16-11(17)14-7-15-16/h2-3,6-7H,1,4-5H2. The van der Waals surface area contributed by atoms with E-state index in [-0.39, 0.29) is 22.4 Å². The van der Waals surface area contributed by atoms with E-state index in [0.29, 0.717) is 13.0 Å². The van der Waals surface area contributed by atoms with E-state index >= 15 is 0 Å². The number of rotatable bonds is 2. The number of hydrogen-bond acceptors (Lipinski definition) is 4. The topological polar surface area (TPSA) is 68.1 Å². The van der Waals surface area contributed by atoms with E-state index < -0.39 is 15.8 Å². The highest BCUT2D eigenvalue weighted by Gasteiger charge is 2.32. The lowest BCUT2D eigenvalue weighted by atomic mass is 10.3. The highest BCUT2D eigenvalue weighted by atomic mass is 35.5. The van der Waals surface area contributed by atoms with Crippen molar-refractivity contribution >= 4 is 27.6 Å². The maximum atomic E-state index is 13.0. The molecule has 0 saturated carbocycles. The van der Waals surface area contributed by atoms with Crippen molar-refractivity contribution in [1.82, 2.24) is 14.8 Å². The number of halogens is 2. The maximum Gasteiger partial charge on any atom is 0.268 e. The second kappa shape index (κ2) is 4.71. The summed E-state index contributed by atoms with van der Waals surface area (Å²) in [5.74, 6) is -0.340. The van der Waals surface area contributed by atoms with Crippen LogP contribution >= 0.6 is 11.6 Å². The second-order valence-corrected chi connectivity index (χ2v) is 6.53. The van der Waals surface area contributed by atoms with Crippen LogP contribution in [-0.2, 0) is 16.6 Å². The molecule has 3 rings (SSSR count). The smallest absolute Gasteiger partial charge is 0.234 e. The normalized spacial score (nSPS) is 15.2. The summed E-state index contributed by atoms with van der Waals surface area (Å²) in [6.07, 6.45) is 1.92. The molecule has 1 aliphatic rings. The lowest BCUT2D eigenvalue weighted by molar-refractivity contribution is 0.529. The van der Waals surface area contributed by atoms with Gasteiger partial charge in [0.2, 0.25) is 5.95 Å². The molecule has 0 bridgehead atoms. The molecular formula is C11H10ClFN4O2S. The molecule has 0 fully saturated rings. The van der Waals surface area contributed by atoms with Gasteiger partial charge in [-0.25, -0.2) is 21.8 Å². The Morgan fingerprint density at radius 2 is 2.10 bits per heavy atom. The van der Waals surface area contributed by atoms with Gasteiger partial charge in [0.05, 0.1) is 5.02 Å². The van der Waals surface area contributed by atoms with E-state index in [9.17, 15) is 12.8 Å². The summed E-state index contributed by atoms with van der Waals surface area (Å²) in [5, 5.41) is 3.81. The molecule has 1 aromatic heterocycles. The molecule has 0 spiro atoms. The molecule has 9 heteroatoms. The molecule has 0 atom stereocenters. The third-order valence-corrected chi connectivity index (χ3v) is 5.27. The molecule has 0 N–H and O–H groups in total. The number of aromatic nitrogens is 3. The minimum Gasteiger partial charge on any atom is -0.234 e. The fraction of sp³-hybridized carbons (Fsp3) is 0.273. The second-order valence-electron chi connectivity index (χ2n) is 4.29. The maximum absolute atomic E-state index is 13.0. The van der Waals surface area contributed by atoms with Crippen LogP contribution in [0.2, 0.25) is 5.02 Å². The summed E-state index contributed by atoms with van der Waals surface area (Å²) in [7, 11) is -3.88. The Hall–Kier alpha value is -1.67. The van der Waals surface area contributed by atoms with E-state index in [2.05, 4.69) is 10.1 Å². The molecule has 0 radical (unpaired) electrons. The Bertz CT molecular complexity index is 762. The molecule has 20 heavy (non-hydrogen) atoms. The van der Waals surface area contributed by atoms with Crippen LogP contribution in [0.1, 0.15) is 6.42 Å². The van der Waals surface area contributed by atoms with Gasteiger partial charge in [0.1, 0.15) is 17.0 Å². The summed E-state index contributed by atoms with van der Waals surface area (Å²) in [6, 6.07) is 3.19. The Balaban J connectivity index is 2.10. The van der Waals surface area contributed by atoms with Gasteiger partial charge in [-0.3, -0.25) is 0 Å². The third-order valence-electron chi connectivity index (χ3n) is 3.01. The zero-order valence-corrected chi connectivity index (χ0v) is 11.8. The van der Waals surface area contributed by atoms with Crippen LogP contribution in [0.15, 0.2) is 29.4 Å². The quantitative estimate of drug-likeness (QED) is 0.845. The van der Waals surface area contributed by atoms with Gasteiger partial charge in [-0.05, 0) is 24.6 Å². The van der Waals surface area contributed by atoms with Gasteiger partial charge in [-0.1, -0.05) is 11.6 Å². The SMILES string of the molecule is O=S(=O)(c1ccc(F)cc1Cl)N1CCCn2ncnc21. The van der Waals surface area contributed by atoms with Gasteiger partial charge in [0.25, 0.3) is 10.0 Å². The van der Waals surface area contributed by atoms with E-state index in [1.165, 1.54) is 11.0 Å². The fourth-order valence-corrected chi connectivity index (χ4v) is 4.07. The first kappa shape index (κ1) is 13.3. The van der Waals surface area contributed by atoms with E-state index in [0.717, 1.165) is 22.5 Å². The molecule has 106 valence electrons. The molecule has 1 aliphatic heterocycles. The highest BCUT2D eigenvalue weighted by Crippen LogP contribution is 2.29. The largest absolute Gasteiger partial charge is 0.268 e. The van der Waals surface area contributed by atoms with Crippen molar-refractivity contribution in [3.05, 3.63) is 35.4 Å². The highest BCUT2D eigenvalue weighted by molar-refractivity contribution is 7.93. The van der Waals surface area contributed by atoms with Crippen molar-refractivity contribution in [3.63, 3.8) is 0 Å². The summed E-state index contributed by atoms with van der Waals surface area (Å²) < 4.78 is 40.9. The van der Waals surface area contributed by atoms with Gasteiger partial charge < -0.3 is 0 Å². The number of benzene rings is 1. The fourth-order valence-electron chi connectivity index (χ4n) is 2.10. The lowest BCUT2D eigenvalue weighted by Crippen LogP contribution is -2.38. The van der Waals surface area contributed by atoms with Crippen molar-refractivity contribution in [2.45, 2.75) is 17.9 Å². The number of nitrogens with zero attached hydrogens (tertiary/aromatic N) is 4. The predicted molar refractivity (Wildman–Crippen MR) is 70.6 cm³/mol. The van der Waals surface area contributed by atoms with E-state index in [1.54, 1.807) is 0 Å². The number of fused-ring (bicyclic) bond motifs is 1. The summed E-state index contributed by atoms with van der Waals surface area (Å²) in [6.45, 7) is 0.896. The van der Waals surface area contributed by atoms with E-state index in [1.807, 2.05) is 0 Å². The molecule has 2 aromatic rings. The third kappa shape index (κ3) is 2.04. The minimum atomic E-state index is -3.88. The number of aryl methyl sites for hydroxylation is 1. The van der Waals surface area contributed by atoms with Crippen molar-refractivity contribution in [2.24, 2.45) is 0 Å². The van der Waals surface area contributed by atoms with Crippen molar-refractivity contribution in [1.29, 1.82) is 0 Å². The van der Waals surface area contributed by atoms with Gasteiger partial charge in [-0.15, -0.1) is 0 Å². The van der Waals surface area contributed by atoms with E-state index in [4.69, 9.17) is 11.6 Å². The van der Waals surface area contributed by atoms with Crippen molar-refractivity contribution in [2.75, 3.05) is 10.8 Å².